The number of Topliss-reactive ketones (excluding diaryl/α,β-unsaturated/α-hetero) is 1. The Balaban J connectivity index is 2.04. The molecule has 1 aliphatic rings. The van der Waals surface area contributed by atoms with Gasteiger partial charge in [0.25, 0.3) is 0 Å². The zero-order chi connectivity index (χ0) is 14.0. The van der Waals surface area contributed by atoms with Crippen LogP contribution in [-0.2, 0) is 17.8 Å². The Morgan fingerprint density at radius 2 is 2.11 bits per heavy atom. The van der Waals surface area contributed by atoms with Crippen molar-refractivity contribution in [1.82, 2.24) is 9.88 Å². The minimum absolute atomic E-state index is 0.00774. The topological polar surface area (TPSA) is 51.1 Å². The SMILES string of the molecule is CCC(C)(C)NC(=O)Cn1cc2c(c1)C(=O)CCC2. The lowest BCUT2D eigenvalue weighted by atomic mass is 9.95. The van der Waals surface area contributed by atoms with Crippen LogP contribution in [0, 0.1) is 0 Å². The van der Waals surface area contributed by atoms with Crippen LogP contribution in [0.1, 0.15) is 56.0 Å². The highest BCUT2D eigenvalue weighted by molar-refractivity contribution is 5.98. The second-order valence-corrected chi connectivity index (χ2v) is 5.93. The number of ketones is 1. The lowest BCUT2D eigenvalue weighted by Gasteiger charge is -2.24. The third-order valence-electron chi connectivity index (χ3n) is 3.80. The summed E-state index contributed by atoms with van der Waals surface area (Å²) in [4.78, 5) is 23.7. The quantitative estimate of drug-likeness (QED) is 0.905. The highest BCUT2D eigenvalue weighted by Gasteiger charge is 2.21. The van der Waals surface area contributed by atoms with Gasteiger partial charge in [-0.15, -0.1) is 0 Å². The molecule has 2 rings (SSSR count). The Labute approximate surface area is 114 Å². The van der Waals surface area contributed by atoms with Gasteiger partial charge in [0.2, 0.25) is 5.91 Å². The number of hydrogen-bond acceptors (Lipinski definition) is 2. The Morgan fingerprint density at radius 3 is 2.74 bits per heavy atom. The molecule has 0 aliphatic heterocycles. The predicted molar refractivity (Wildman–Crippen MR) is 74.2 cm³/mol. The van der Waals surface area contributed by atoms with E-state index in [1.165, 1.54) is 0 Å². The number of hydrogen-bond donors (Lipinski definition) is 1. The summed E-state index contributed by atoms with van der Waals surface area (Å²) in [5, 5.41) is 3.00. The molecule has 0 saturated heterocycles. The maximum absolute atomic E-state index is 12.0. The van der Waals surface area contributed by atoms with Crippen LogP contribution in [0.2, 0.25) is 0 Å². The van der Waals surface area contributed by atoms with Crippen LogP contribution >= 0.6 is 0 Å². The molecule has 1 aromatic heterocycles. The first kappa shape index (κ1) is 13.8. The summed E-state index contributed by atoms with van der Waals surface area (Å²) in [7, 11) is 0. The van der Waals surface area contributed by atoms with Crippen LogP contribution < -0.4 is 5.32 Å². The molecule has 1 aromatic rings. The Hall–Kier alpha value is -1.58. The van der Waals surface area contributed by atoms with Gasteiger partial charge in [-0.2, -0.15) is 0 Å². The first-order valence-electron chi connectivity index (χ1n) is 6.94. The summed E-state index contributed by atoms with van der Waals surface area (Å²) < 4.78 is 1.83. The van der Waals surface area contributed by atoms with E-state index in [0.717, 1.165) is 30.4 Å². The highest BCUT2D eigenvalue weighted by Crippen LogP contribution is 2.22. The van der Waals surface area contributed by atoms with Gasteiger partial charge in [0.15, 0.2) is 5.78 Å². The molecule has 4 heteroatoms. The van der Waals surface area contributed by atoms with E-state index in [2.05, 4.69) is 5.32 Å². The van der Waals surface area contributed by atoms with E-state index in [9.17, 15) is 9.59 Å². The van der Waals surface area contributed by atoms with E-state index >= 15 is 0 Å². The van der Waals surface area contributed by atoms with E-state index < -0.39 is 0 Å². The predicted octanol–water partition coefficient (Wildman–Crippen LogP) is 2.31. The van der Waals surface area contributed by atoms with E-state index in [1.807, 2.05) is 37.7 Å². The molecular formula is C15H22N2O2. The zero-order valence-corrected chi connectivity index (χ0v) is 12.0. The number of nitrogens with zero attached hydrogens (tertiary/aromatic N) is 1. The third kappa shape index (κ3) is 3.25. The molecule has 1 aliphatic carbocycles. The number of rotatable bonds is 4. The first-order chi connectivity index (χ1) is 8.91. The molecule has 0 saturated carbocycles. The van der Waals surface area contributed by atoms with E-state index in [-0.39, 0.29) is 23.8 Å². The van der Waals surface area contributed by atoms with Crippen molar-refractivity contribution in [1.29, 1.82) is 0 Å². The molecule has 0 aromatic carbocycles. The average molecular weight is 262 g/mol. The fourth-order valence-electron chi connectivity index (χ4n) is 2.34. The minimum atomic E-state index is -0.181. The number of amides is 1. The van der Waals surface area contributed by atoms with Crippen LogP contribution in [0.4, 0.5) is 0 Å². The molecule has 0 atom stereocenters. The molecule has 0 fully saturated rings. The highest BCUT2D eigenvalue weighted by atomic mass is 16.2. The van der Waals surface area contributed by atoms with Crippen molar-refractivity contribution in [3.63, 3.8) is 0 Å². The summed E-state index contributed by atoms with van der Waals surface area (Å²) in [6.45, 7) is 6.35. The molecule has 1 amide bonds. The zero-order valence-electron chi connectivity index (χ0n) is 12.0. The molecule has 19 heavy (non-hydrogen) atoms. The van der Waals surface area contributed by atoms with Crippen LogP contribution in [-0.4, -0.2) is 21.8 Å². The maximum Gasteiger partial charge on any atom is 0.240 e. The molecule has 0 bridgehead atoms. The Morgan fingerprint density at radius 1 is 1.37 bits per heavy atom. The number of carbonyl (C=O) groups is 2. The summed E-state index contributed by atoms with van der Waals surface area (Å²) >= 11 is 0. The molecule has 1 N–H and O–H groups in total. The van der Waals surface area contributed by atoms with E-state index in [0.29, 0.717) is 6.42 Å². The van der Waals surface area contributed by atoms with Gasteiger partial charge in [0, 0.05) is 29.9 Å². The standard InChI is InChI=1S/C15H22N2O2/c1-4-15(2,3)16-14(19)10-17-8-11-6-5-7-13(18)12(11)9-17/h8-9H,4-7,10H2,1-3H3,(H,16,19). The average Bonchev–Trinajstić information content (AvgIpc) is 2.72. The van der Waals surface area contributed by atoms with Crippen molar-refractivity contribution >= 4 is 11.7 Å². The van der Waals surface area contributed by atoms with Crippen molar-refractivity contribution in [2.75, 3.05) is 0 Å². The summed E-state index contributed by atoms with van der Waals surface area (Å²) in [6, 6.07) is 0. The van der Waals surface area contributed by atoms with Crippen LogP contribution in [0.5, 0.6) is 0 Å². The van der Waals surface area contributed by atoms with Crippen LogP contribution in [0.25, 0.3) is 0 Å². The number of aryl methyl sites for hydroxylation is 1. The minimum Gasteiger partial charge on any atom is -0.350 e. The first-order valence-corrected chi connectivity index (χ1v) is 6.94. The molecule has 1 heterocycles. The lowest BCUT2D eigenvalue weighted by Crippen LogP contribution is -2.44. The molecule has 104 valence electrons. The second kappa shape index (κ2) is 5.19. The Kier molecular flexibility index (Phi) is 3.78. The van der Waals surface area contributed by atoms with E-state index in [1.54, 1.807) is 0 Å². The van der Waals surface area contributed by atoms with Gasteiger partial charge in [-0.25, -0.2) is 0 Å². The van der Waals surface area contributed by atoms with Gasteiger partial charge in [-0.1, -0.05) is 6.92 Å². The number of nitrogens with one attached hydrogen (secondary N) is 1. The summed E-state index contributed by atoms with van der Waals surface area (Å²) in [5.74, 6) is 0.195. The summed E-state index contributed by atoms with van der Waals surface area (Å²) in [5.41, 5.74) is 1.70. The van der Waals surface area contributed by atoms with Crippen molar-refractivity contribution in [2.45, 2.75) is 58.5 Å². The fourth-order valence-corrected chi connectivity index (χ4v) is 2.34. The largest absolute Gasteiger partial charge is 0.350 e. The van der Waals surface area contributed by atoms with Gasteiger partial charge < -0.3 is 9.88 Å². The van der Waals surface area contributed by atoms with Crippen molar-refractivity contribution in [3.05, 3.63) is 23.5 Å². The molecule has 4 nitrogen and oxygen atoms in total. The molecule has 0 spiro atoms. The van der Waals surface area contributed by atoms with Crippen molar-refractivity contribution in [3.8, 4) is 0 Å². The second-order valence-electron chi connectivity index (χ2n) is 5.93. The molecule has 0 unspecified atom stereocenters. The van der Waals surface area contributed by atoms with E-state index in [4.69, 9.17) is 0 Å². The normalized spacial score (nSPS) is 15.2. The number of fused-ring (bicyclic) bond motifs is 1. The van der Waals surface area contributed by atoms with Gasteiger partial charge in [0.05, 0.1) is 0 Å². The van der Waals surface area contributed by atoms with Gasteiger partial charge >= 0.3 is 0 Å². The van der Waals surface area contributed by atoms with Crippen LogP contribution in [0.3, 0.4) is 0 Å². The smallest absolute Gasteiger partial charge is 0.240 e. The third-order valence-corrected chi connectivity index (χ3v) is 3.80. The number of carbonyl (C=O) groups excluding carboxylic acids is 2. The maximum atomic E-state index is 12.0. The van der Waals surface area contributed by atoms with Crippen molar-refractivity contribution < 1.29 is 9.59 Å². The van der Waals surface area contributed by atoms with Gasteiger partial charge in [-0.05, 0) is 38.7 Å². The number of aromatic nitrogens is 1. The summed E-state index contributed by atoms with van der Waals surface area (Å²) in [6.07, 6.45) is 7.13. The van der Waals surface area contributed by atoms with Crippen LogP contribution in [0.15, 0.2) is 12.4 Å². The fraction of sp³-hybridized carbons (Fsp3) is 0.600. The molecular weight excluding hydrogens is 240 g/mol. The van der Waals surface area contributed by atoms with Crippen molar-refractivity contribution in [2.24, 2.45) is 0 Å². The Bertz CT molecular complexity index is 500. The monoisotopic (exact) mass is 262 g/mol. The lowest BCUT2D eigenvalue weighted by molar-refractivity contribution is -0.123. The van der Waals surface area contributed by atoms with Gasteiger partial charge in [0.1, 0.15) is 6.54 Å². The van der Waals surface area contributed by atoms with Gasteiger partial charge in [-0.3, -0.25) is 9.59 Å². The molecule has 0 radical (unpaired) electrons.